The summed E-state index contributed by atoms with van der Waals surface area (Å²) in [6, 6.07) is 11.9. The van der Waals surface area contributed by atoms with Crippen molar-refractivity contribution < 1.29 is 18.7 Å². The van der Waals surface area contributed by atoms with E-state index in [1.807, 2.05) is 6.07 Å². The van der Waals surface area contributed by atoms with Gasteiger partial charge in [0.15, 0.2) is 0 Å². The summed E-state index contributed by atoms with van der Waals surface area (Å²) in [7, 11) is 1.51. The zero-order valence-electron chi connectivity index (χ0n) is 15.5. The van der Waals surface area contributed by atoms with Crippen LogP contribution < -0.4 is 10.1 Å². The van der Waals surface area contributed by atoms with Crippen LogP contribution in [0.2, 0.25) is 0 Å². The predicted molar refractivity (Wildman–Crippen MR) is 105 cm³/mol. The molecule has 0 spiro atoms. The van der Waals surface area contributed by atoms with Gasteiger partial charge in [0.2, 0.25) is 0 Å². The Morgan fingerprint density at radius 3 is 2.71 bits per heavy atom. The molecule has 3 rings (SSSR count). The van der Waals surface area contributed by atoms with Crippen molar-refractivity contribution in [2.24, 2.45) is 0 Å². The summed E-state index contributed by atoms with van der Waals surface area (Å²) in [4.78, 5) is 12.4. The minimum Gasteiger partial charge on any atom is -0.496 e. The summed E-state index contributed by atoms with van der Waals surface area (Å²) in [6.45, 7) is 2.03. The number of ether oxygens (including phenoxy) is 2. The number of ketones is 1. The fraction of sp³-hybridized carbons (Fsp3) is 0.333. The molecule has 148 valence electrons. The number of morpholine rings is 1. The third-order valence-electron chi connectivity index (χ3n) is 4.56. The van der Waals surface area contributed by atoms with Crippen LogP contribution in [0.4, 0.5) is 4.39 Å². The lowest BCUT2D eigenvalue weighted by molar-refractivity contribution is -0.117. The third-order valence-corrected chi connectivity index (χ3v) is 4.56. The van der Waals surface area contributed by atoms with E-state index in [1.54, 1.807) is 30.3 Å². The second-order valence-corrected chi connectivity index (χ2v) is 6.45. The van der Waals surface area contributed by atoms with Crippen LogP contribution in [0.15, 0.2) is 36.4 Å². The average molecular weight is 405 g/mol. The van der Waals surface area contributed by atoms with Gasteiger partial charge in [-0.1, -0.05) is 12.1 Å². The fourth-order valence-corrected chi connectivity index (χ4v) is 3.16. The van der Waals surface area contributed by atoms with Crippen LogP contribution in [0.5, 0.6) is 5.75 Å². The maximum absolute atomic E-state index is 14.5. The van der Waals surface area contributed by atoms with Crippen molar-refractivity contribution in [2.75, 3.05) is 26.8 Å². The molecule has 1 aliphatic heterocycles. The zero-order chi connectivity index (χ0) is 19.2. The minimum absolute atomic E-state index is 0. The molecule has 1 saturated heterocycles. The highest BCUT2D eigenvalue weighted by Gasteiger charge is 2.18. The Bertz CT molecular complexity index is 876. The lowest BCUT2D eigenvalue weighted by Crippen LogP contribution is -2.33. The van der Waals surface area contributed by atoms with Gasteiger partial charge in [-0.2, -0.15) is 5.26 Å². The van der Waals surface area contributed by atoms with Crippen molar-refractivity contribution >= 4 is 18.2 Å². The molecular formula is C21H22ClFN2O3. The van der Waals surface area contributed by atoms with Crippen molar-refractivity contribution in [2.45, 2.75) is 18.9 Å². The van der Waals surface area contributed by atoms with Crippen molar-refractivity contribution in [1.29, 1.82) is 5.26 Å². The normalized spacial score (nSPS) is 16.0. The smallest absolute Gasteiger partial charge is 0.141 e. The van der Waals surface area contributed by atoms with Gasteiger partial charge in [0, 0.05) is 31.5 Å². The Morgan fingerprint density at radius 2 is 2.07 bits per heavy atom. The Kier molecular flexibility index (Phi) is 7.94. The highest BCUT2D eigenvalue weighted by Crippen LogP contribution is 2.23. The number of hydrogen-bond acceptors (Lipinski definition) is 5. The first-order chi connectivity index (χ1) is 13.1. The number of methoxy groups -OCH3 is 1. The maximum Gasteiger partial charge on any atom is 0.141 e. The van der Waals surface area contributed by atoms with Crippen LogP contribution in [0, 0.1) is 17.1 Å². The summed E-state index contributed by atoms with van der Waals surface area (Å²) >= 11 is 0. The van der Waals surface area contributed by atoms with E-state index in [-0.39, 0.29) is 37.1 Å². The van der Waals surface area contributed by atoms with E-state index in [0.717, 1.165) is 12.1 Å². The summed E-state index contributed by atoms with van der Waals surface area (Å²) in [5.74, 6) is -0.0153. The molecule has 2 aromatic rings. The molecule has 5 nitrogen and oxygen atoms in total. The van der Waals surface area contributed by atoms with E-state index in [1.165, 1.54) is 13.2 Å². The lowest BCUT2D eigenvalue weighted by Gasteiger charge is -2.24. The van der Waals surface area contributed by atoms with Gasteiger partial charge in [-0.25, -0.2) is 4.39 Å². The molecule has 0 unspecified atom stereocenters. The molecule has 28 heavy (non-hydrogen) atoms. The first-order valence-electron chi connectivity index (χ1n) is 8.80. The van der Waals surface area contributed by atoms with Gasteiger partial charge in [-0.05, 0) is 35.4 Å². The quantitative estimate of drug-likeness (QED) is 0.800. The largest absolute Gasteiger partial charge is 0.496 e. The van der Waals surface area contributed by atoms with E-state index in [2.05, 4.69) is 5.32 Å². The molecule has 1 aliphatic rings. The maximum atomic E-state index is 14.5. The Balaban J connectivity index is 0.00000280. The number of nitrogens with one attached hydrogen (secondary N) is 1. The molecule has 0 bridgehead atoms. The van der Waals surface area contributed by atoms with Crippen molar-refractivity contribution in [3.05, 3.63) is 64.5 Å². The second-order valence-electron chi connectivity index (χ2n) is 6.45. The van der Waals surface area contributed by atoms with Gasteiger partial charge in [0.05, 0.1) is 31.5 Å². The van der Waals surface area contributed by atoms with Gasteiger partial charge >= 0.3 is 0 Å². The fourth-order valence-electron chi connectivity index (χ4n) is 3.16. The minimum atomic E-state index is -0.409. The van der Waals surface area contributed by atoms with E-state index in [0.29, 0.717) is 35.6 Å². The van der Waals surface area contributed by atoms with Crippen LogP contribution in [0.25, 0.3) is 0 Å². The molecule has 7 heteroatoms. The first-order valence-corrected chi connectivity index (χ1v) is 8.80. The van der Waals surface area contributed by atoms with Gasteiger partial charge < -0.3 is 14.8 Å². The molecular weight excluding hydrogens is 383 g/mol. The van der Waals surface area contributed by atoms with E-state index >= 15 is 0 Å². The highest BCUT2D eigenvalue weighted by atomic mass is 35.5. The van der Waals surface area contributed by atoms with Crippen LogP contribution in [0.1, 0.15) is 28.4 Å². The standard InChI is InChI=1S/C21H21FN2O3.ClH/c1-26-20-5-2-14(12-23)8-17(20)10-18(25)9-15-3-4-16(11-19(15)22)21-13-24-6-7-27-21;/h2-5,8,11,21,24H,6-7,9-10,13H2,1H3;1H/t21-;/m0./s1. The number of carbonyl (C=O) groups is 1. The molecule has 0 saturated carbocycles. The number of nitrogens with zero attached hydrogens (tertiary/aromatic N) is 1. The van der Waals surface area contributed by atoms with Gasteiger partial charge in [0.1, 0.15) is 17.3 Å². The predicted octanol–water partition coefficient (Wildman–Crippen LogP) is 3.14. The van der Waals surface area contributed by atoms with Gasteiger partial charge in [-0.15, -0.1) is 12.4 Å². The molecule has 2 aromatic carbocycles. The van der Waals surface area contributed by atoms with Gasteiger partial charge in [-0.3, -0.25) is 4.79 Å². The monoisotopic (exact) mass is 404 g/mol. The lowest BCUT2D eigenvalue weighted by atomic mass is 9.98. The molecule has 1 atom stereocenters. The van der Waals surface area contributed by atoms with Crippen molar-refractivity contribution in [1.82, 2.24) is 5.32 Å². The molecule has 0 aromatic heterocycles. The molecule has 0 amide bonds. The molecule has 1 N–H and O–H groups in total. The number of benzene rings is 2. The van der Waals surface area contributed by atoms with Crippen LogP contribution >= 0.6 is 12.4 Å². The summed E-state index contributed by atoms with van der Waals surface area (Å²) in [5.41, 5.74) is 2.19. The number of rotatable bonds is 6. The topological polar surface area (TPSA) is 71.3 Å². The number of Topliss-reactive ketones (excluding diaryl/α,β-unsaturated/α-hetero) is 1. The summed E-state index contributed by atoms with van der Waals surface area (Å²) in [5, 5.41) is 12.2. The number of hydrogen-bond donors (Lipinski definition) is 1. The van der Waals surface area contributed by atoms with Crippen LogP contribution in [0.3, 0.4) is 0 Å². The Labute approximate surface area is 169 Å². The first kappa shape index (κ1) is 21.8. The van der Waals surface area contributed by atoms with Crippen LogP contribution in [-0.2, 0) is 22.4 Å². The zero-order valence-corrected chi connectivity index (χ0v) is 16.4. The second kappa shape index (κ2) is 10.2. The molecule has 0 radical (unpaired) electrons. The molecule has 0 aliphatic carbocycles. The Morgan fingerprint density at radius 1 is 1.29 bits per heavy atom. The third kappa shape index (κ3) is 5.29. The number of nitriles is 1. The average Bonchev–Trinajstić information content (AvgIpc) is 2.70. The van der Waals surface area contributed by atoms with Gasteiger partial charge in [0.25, 0.3) is 0 Å². The van der Waals surface area contributed by atoms with Crippen molar-refractivity contribution in [3.63, 3.8) is 0 Å². The molecule has 1 fully saturated rings. The summed E-state index contributed by atoms with van der Waals surface area (Å²) in [6.07, 6.45) is -0.110. The van der Waals surface area contributed by atoms with Crippen molar-refractivity contribution in [3.8, 4) is 11.8 Å². The summed E-state index contributed by atoms with van der Waals surface area (Å²) < 4.78 is 25.3. The number of carbonyl (C=O) groups excluding carboxylic acids is 1. The van der Waals surface area contributed by atoms with E-state index in [9.17, 15) is 9.18 Å². The molecule has 1 heterocycles. The SMILES string of the molecule is COc1ccc(C#N)cc1CC(=O)Cc1ccc([C@@H]2CNCCO2)cc1F.Cl. The van der Waals surface area contributed by atoms with E-state index in [4.69, 9.17) is 14.7 Å². The highest BCUT2D eigenvalue weighted by molar-refractivity contribution is 5.85. The van der Waals surface area contributed by atoms with E-state index < -0.39 is 5.82 Å². The van der Waals surface area contributed by atoms with Crippen LogP contribution in [-0.4, -0.2) is 32.6 Å². The Hall–Kier alpha value is -2.46. The number of halogens is 2.